The fraction of sp³-hybridized carbons (Fsp3) is 0.167. The standard InChI is InChI=1S/C18H14Br2O2/c1-10(2)11-3-5-12(6-4-11)15-8-13-7-14(19)9-16(20)17(13)22-18(15)21/h3-10H,1-2H3. The zero-order valence-electron chi connectivity index (χ0n) is 12.2. The van der Waals surface area contributed by atoms with E-state index in [4.69, 9.17) is 4.42 Å². The third-order valence-electron chi connectivity index (χ3n) is 3.64. The van der Waals surface area contributed by atoms with E-state index in [9.17, 15) is 4.79 Å². The Kier molecular flexibility index (Phi) is 4.24. The highest BCUT2D eigenvalue weighted by Crippen LogP contribution is 2.30. The van der Waals surface area contributed by atoms with E-state index in [0.29, 0.717) is 17.1 Å². The van der Waals surface area contributed by atoms with Gasteiger partial charge in [-0.05, 0) is 51.2 Å². The first-order chi connectivity index (χ1) is 10.5. The van der Waals surface area contributed by atoms with Gasteiger partial charge >= 0.3 is 5.63 Å². The van der Waals surface area contributed by atoms with E-state index in [2.05, 4.69) is 57.8 Å². The minimum absolute atomic E-state index is 0.326. The van der Waals surface area contributed by atoms with Crippen LogP contribution in [0.1, 0.15) is 25.3 Å². The number of benzene rings is 2. The van der Waals surface area contributed by atoms with Crippen molar-refractivity contribution in [3.8, 4) is 11.1 Å². The van der Waals surface area contributed by atoms with E-state index in [1.165, 1.54) is 5.56 Å². The Balaban J connectivity index is 2.18. The van der Waals surface area contributed by atoms with E-state index in [1.54, 1.807) is 0 Å². The van der Waals surface area contributed by atoms with Crippen molar-refractivity contribution >= 4 is 42.8 Å². The van der Waals surface area contributed by atoms with Crippen LogP contribution in [-0.4, -0.2) is 0 Å². The smallest absolute Gasteiger partial charge is 0.344 e. The molecule has 0 fully saturated rings. The first-order valence-electron chi connectivity index (χ1n) is 6.99. The molecule has 0 amide bonds. The Morgan fingerprint density at radius 3 is 2.32 bits per heavy atom. The normalized spacial score (nSPS) is 11.3. The molecule has 0 unspecified atom stereocenters. The summed E-state index contributed by atoms with van der Waals surface area (Å²) < 4.78 is 7.18. The molecular weight excluding hydrogens is 408 g/mol. The van der Waals surface area contributed by atoms with Crippen molar-refractivity contribution in [2.45, 2.75) is 19.8 Å². The summed E-state index contributed by atoms with van der Waals surface area (Å²) in [5.41, 5.74) is 2.94. The van der Waals surface area contributed by atoms with Crippen LogP contribution >= 0.6 is 31.9 Å². The minimum atomic E-state index is -0.326. The maximum absolute atomic E-state index is 12.3. The molecule has 112 valence electrons. The van der Waals surface area contributed by atoms with Crippen molar-refractivity contribution < 1.29 is 4.42 Å². The Labute approximate surface area is 145 Å². The zero-order valence-corrected chi connectivity index (χ0v) is 15.4. The fourth-order valence-corrected chi connectivity index (χ4v) is 3.75. The molecule has 0 spiro atoms. The van der Waals surface area contributed by atoms with Crippen LogP contribution in [0, 0.1) is 0 Å². The molecule has 2 aromatic carbocycles. The van der Waals surface area contributed by atoms with E-state index >= 15 is 0 Å². The van der Waals surface area contributed by atoms with Gasteiger partial charge in [0, 0.05) is 9.86 Å². The summed E-state index contributed by atoms with van der Waals surface area (Å²) in [6.07, 6.45) is 0. The molecule has 0 aliphatic heterocycles. The van der Waals surface area contributed by atoms with Crippen molar-refractivity contribution in [2.24, 2.45) is 0 Å². The molecule has 4 heteroatoms. The molecule has 0 aliphatic rings. The van der Waals surface area contributed by atoms with Crippen molar-refractivity contribution in [3.05, 3.63) is 67.4 Å². The molecule has 1 heterocycles. The maximum atomic E-state index is 12.3. The molecule has 3 aromatic rings. The third kappa shape index (κ3) is 2.90. The largest absolute Gasteiger partial charge is 0.421 e. The van der Waals surface area contributed by atoms with Gasteiger partial charge in [0.1, 0.15) is 0 Å². The van der Waals surface area contributed by atoms with Crippen LogP contribution < -0.4 is 5.63 Å². The maximum Gasteiger partial charge on any atom is 0.344 e. The molecule has 0 N–H and O–H groups in total. The van der Waals surface area contributed by atoms with E-state index in [0.717, 1.165) is 19.9 Å². The highest BCUT2D eigenvalue weighted by molar-refractivity contribution is 9.11. The Morgan fingerprint density at radius 2 is 1.68 bits per heavy atom. The van der Waals surface area contributed by atoms with Gasteiger partial charge in [-0.3, -0.25) is 0 Å². The van der Waals surface area contributed by atoms with Crippen molar-refractivity contribution in [1.82, 2.24) is 0 Å². The average Bonchev–Trinajstić information content (AvgIpc) is 2.47. The summed E-state index contributed by atoms with van der Waals surface area (Å²) in [6.45, 7) is 4.29. The van der Waals surface area contributed by atoms with E-state index < -0.39 is 0 Å². The van der Waals surface area contributed by atoms with Crippen LogP contribution in [0.5, 0.6) is 0 Å². The second kappa shape index (κ2) is 6.01. The van der Waals surface area contributed by atoms with Gasteiger partial charge in [-0.2, -0.15) is 0 Å². The first kappa shape index (κ1) is 15.5. The van der Waals surface area contributed by atoms with Gasteiger partial charge in [-0.25, -0.2) is 4.79 Å². The monoisotopic (exact) mass is 420 g/mol. The van der Waals surface area contributed by atoms with Gasteiger partial charge < -0.3 is 4.42 Å². The summed E-state index contributed by atoms with van der Waals surface area (Å²) in [7, 11) is 0. The van der Waals surface area contributed by atoms with Crippen molar-refractivity contribution in [3.63, 3.8) is 0 Å². The summed E-state index contributed by atoms with van der Waals surface area (Å²) >= 11 is 6.88. The first-order valence-corrected chi connectivity index (χ1v) is 8.57. The predicted octanol–water partition coefficient (Wildman–Crippen LogP) is 6.11. The van der Waals surface area contributed by atoms with Crippen molar-refractivity contribution in [1.29, 1.82) is 0 Å². The lowest BCUT2D eigenvalue weighted by atomic mass is 9.99. The van der Waals surface area contributed by atoms with E-state index in [-0.39, 0.29) is 5.63 Å². The summed E-state index contributed by atoms with van der Waals surface area (Å²) in [5.74, 6) is 0.467. The minimum Gasteiger partial charge on any atom is -0.421 e. The van der Waals surface area contributed by atoms with Gasteiger partial charge in [0.15, 0.2) is 5.58 Å². The van der Waals surface area contributed by atoms with Crippen LogP contribution in [0.4, 0.5) is 0 Å². The van der Waals surface area contributed by atoms with Crippen LogP contribution in [0.3, 0.4) is 0 Å². The molecule has 22 heavy (non-hydrogen) atoms. The molecule has 0 bridgehead atoms. The van der Waals surface area contributed by atoms with Gasteiger partial charge in [0.2, 0.25) is 0 Å². The summed E-state index contributed by atoms with van der Waals surface area (Å²) in [4.78, 5) is 12.3. The molecular formula is C18H14Br2O2. The summed E-state index contributed by atoms with van der Waals surface area (Å²) in [6, 6.07) is 13.7. The lowest BCUT2D eigenvalue weighted by Gasteiger charge is -2.07. The van der Waals surface area contributed by atoms with Gasteiger partial charge in [0.05, 0.1) is 10.0 Å². The molecule has 0 saturated heterocycles. The highest BCUT2D eigenvalue weighted by Gasteiger charge is 2.11. The number of fused-ring (bicyclic) bond motifs is 1. The highest BCUT2D eigenvalue weighted by atomic mass is 79.9. The molecule has 0 atom stereocenters. The predicted molar refractivity (Wildman–Crippen MR) is 97.4 cm³/mol. The van der Waals surface area contributed by atoms with Crippen LogP contribution in [0.15, 0.2) is 60.6 Å². The third-order valence-corrected chi connectivity index (χ3v) is 4.69. The average molecular weight is 422 g/mol. The van der Waals surface area contributed by atoms with Gasteiger partial charge in [-0.15, -0.1) is 0 Å². The van der Waals surface area contributed by atoms with Gasteiger partial charge in [0.25, 0.3) is 0 Å². The number of rotatable bonds is 2. The summed E-state index contributed by atoms with van der Waals surface area (Å²) in [5, 5.41) is 0.879. The Morgan fingerprint density at radius 1 is 1.00 bits per heavy atom. The molecule has 2 nitrogen and oxygen atoms in total. The number of halogens is 2. The lowest BCUT2D eigenvalue weighted by molar-refractivity contribution is 0.561. The van der Waals surface area contributed by atoms with Crippen LogP contribution in [0.25, 0.3) is 22.1 Å². The molecule has 0 saturated carbocycles. The Hall–Kier alpha value is -1.39. The lowest BCUT2D eigenvalue weighted by Crippen LogP contribution is -2.03. The second-order valence-electron chi connectivity index (χ2n) is 5.53. The topological polar surface area (TPSA) is 30.2 Å². The molecule has 3 rings (SSSR count). The quantitative estimate of drug-likeness (QED) is 0.467. The molecule has 0 aliphatic carbocycles. The molecule has 0 radical (unpaired) electrons. The fourth-order valence-electron chi connectivity index (χ4n) is 2.41. The van der Waals surface area contributed by atoms with Crippen molar-refractivity contribution in [2.75, 3.05) is 0 Å². The number of hydrogen-bond donors (Lipinski definition) is 0. The van der Waals surface area contributed by atoms with Crippen LogP contribution in [0.2, 0.25) is 0 Å². The van der Waals surface area contributed by atoms with Gasteiger partial charge in [-0.1, -0.05) is 54.0 Å². The zero-order chi connectivity index (χ0) is 15.9. The molecule has 1 aromatic heterocycles. The number of hydrogen-bond acceptors (Lipinski definition) is 2. The Bertz CT molecular complexity index is 893. The van der Waals surface area contributed by atoms with Crippen LogP contribution in [-0.2, 0) is 0 Å². The SMILES string of the molecule is CC(C)c1ccc(-c2cc3cc(Br)cc(Br)c3oc2=O)cc1. The second-order valence-corrected chi connectivity index (χ2v) is 7.30. The van der Waals surface area contributed by atoms with E-state index in [1.807, 2.05) is 30.3 Å².